The lowest BCUT2D eigenvalue weighted by Gasteiger charge is -2.35. The fourth-order valence-corrected chi connectivity index (χ4v) is 4.43. The van der Waals surface area contributed by atoms with E-state index < -0.39 is 0 Å². The minimum Gasteiger partial charge on any atom is -0.396 e. The lowest BCUT2D eigenvalue weighted by molar-refractivity contribution is -0.134. The van der Waals surface area contributed by atoms with Crippen molar-refractivity contribution in [1.29, 1.82) is 0 Å². The molecule has 8 heteroatoms. The van der Waals surface area contributed by atoms with E-state index in [9.17, 15) is 14.0 Å². The van der Waals surface area contributed by atoms with Crippen molar-refractivity contribution in [3.05, 3.63) is 78.1 Å². The van der Waals surface area contributed by atoms with Gasteiger partial charge in [-0.3, -0.25) is 10.1 Å². The maximum Gasteiger partial charge on any atom is 0.323 e. The third-order valence-electron chi connectivity index (χ3n) is 6.51. The Morgan fingerprint density at radius 3 is 2.29 bits per heavy atom. The highest BCUT2D eigenvalue weighted by Gasteiger charge is 2.46. The van der Waals surface area contributed by atoms with Crippen LogP contribution >= 0.6 is 0 Å². The molecule has 3 aromatic rings. The van der Waals surface area contributed by atoms with E-state index in [0.29, 0.717) is 43.5 Å². The normalized spacial score (nSPS) is 19.6. The Kier molecular flexibility index (Phi) is 5.88. The third kappa shape index (κ3) is 4.57. The molecule has 1 aliphatic heterocycles. The number of hydrogen-bond donors (Lipinski definition) is 2. The number of nitrogens with two attached hydrogens (primary N) is 1. The van der Waals surface area contributed by atoms with Crippen molar-refractivity contribution in [2.45, 2.75) is 12.3 Å². The van der Waals surface area contributed by atoms with Crippen molar-refractivity contribution < 1.29 is 14.0 Å². The molecule has 0 spiro atoms. The van der Waals surface area contributed by atoms with Crippen molar-refractivity contribution >= 4 is 23.4 Å². The third-order valence-corrected chi connectivity index (χ3v) is 6.51. The number of anilines is 2. The zero-order valence-electron chi connectivity index (χ0n) is 18.7. The van der Waals surface area contributed by atoms with E-state index in [1.807, 2.05) is 23.1 Å². The minimum atomic E-state index is -0.331. The summed E-state index contributed by atoms with van der Waals surface area (Å²) in [5.41, 5.74) is 8.88. The molecule has 1 saturated heterocycles. The molecule has 2 atom stereocenters. The van der Waals surface area contributed by atoms with Gasteiger partial charge in [0.1, 0.15) is 5.82 Å². The molecule has 2 heterocycles. The van der Waals surface area contributed by atoms with E-state index in [0.717, 1.165) is 12.0 Å². The summed E-state index contributed by atoms with van der Waals surface area (Å²) in [7, 11) is 0. The zero-order valence-corrected chi connectivity index (χ0v) is 18.7. The van der Waals surface area contributed by atoms with Crippen LogP contribution in [0.2, 0.25) is 0 Å². The summed E-state index contributed by atoms with van der Waals surface area (Å²) in [6.45, 7) is 1.89. The van der Waals surface area contributed by atoms with Gasteiger partial charge < -0.3 is 15.5 Å². The van der Waals surface area contributed by atoms with E-state index in [1.54, 1.807) is 29.2 Å². The number of halogens is 1. The van der Waals surface area contributed by atoms with Crippen molar-refractivity contribution in [2.24, 2.45) is 5.92 Å². The summed E-state index contributed by atoms with van der Waals surface area (Å²) in [5, 5.41) is 2.78. The standard InChI is InChI=1S/C26H26FN5O2/c27-19-8-6-18(7-9-19)23-11-10-22(28)24(29-23)30-26(34)32-14-12-31(13-15-32)25(33)21-16-20(21)17-4-2-1-3-5-17/h1-11,20-21H,12-16,28H2,(H,29,30,34). The van der Waals surface area contributed by atoms with Crippen LogP contribution in [0.5, 0.6) is 0 Å². The average molecular weight is 460 g/mol. The van der Waals surface area contributed by atoms with Crippen LogP contribution in [-0.4, -0.2) is 52.9 Å². The molecule has 2 aromatic carbocycles. The lowest BCUT2D eigenvalue weighted by Crippen LogP contribution is -2.52. The predicted octanol–water partition coefficient (Wildman–Crippen LogP) is 3.95. The number of piperazine rings is 1. The number of carbonyl (C=O) groups is 2. The zero-order chi connectivity index (χ0) is 23.7. The first-order chi connectivity index (χ1) is 16.5. The molecule has 7 nitrogen and oxygen atoms in total. The number of rotatable bonds is 4. The first-order valence-corrected chi connectivity index (χ1v) is 11.4. The fourth-order valence-electron chi connectivity index (χ4n) is 4.43. The first kappa shape index (κ1) is 21.9. The van der Waals surface area contributed by atoms with Crippen LogP contribution in [-0.2, 0) is 4.79 Å². The maximum atomic E-state index is 13.2. The molecule has 3 N–H and O–H groups in total. The summed E-state index contributed by atoms with van der Waals surface area (Å²) in [4.78, 5) is 33.7. The largest absolute Gasteiger partial charge is 0.396 e. The number of nitrogen functional groups attached to an aromatic ring is 1. The Morgan fingerprint density at radius 2 is 1.59 bits per heavy atom. The number of nitrogens with zero attached hydrogens (tertiary/aromatic N) is 3. The quantitative estimate of drug-likeness (QED) is 0.618. The highest BCUT2D eigenvalue weighted by atomic mass is 19.1. The number of nitrogens with one attached hydrogen (secondary N) is 1. The molecule has 2 fully saturated rings. The smallest absolute Gasteiger partial charge is 0.323 e. The van der Waals surface area contributed by atoms with E-state index in [-0.39, 0.29) is 29.5 Å². The van der Waals surface area contributed by atoms with Gasteiger partial charge in [-0.2, -0.15) is 0 Å². The predicted molar refractivity (Wildman–Crippen MR) is 129 cm³/mol. The van der Waals surface area contributed by atoms with Gasteiger partial charge in [-0.1, -0.05) is 30.3 Å². The molecule has 0 bridgehead atoms. The number of urea groups is 1. The fraction of sp³-hybridized carbons (Fsp3) is 0.269. The maximum absolute atomic E-state index is 13.2. The van der Waals surface area contributed by atoms with Crippen LogP contribution in [0.4, 0.5) is 20.7 Å². The molecule has 5 rings (SSSR count). The van der Waals surface area contributed by atoms with Crippen LogP contribution in [0.3, 0.4) is 0 Å². The van der Waals surface area contributed by atoms with Gasteiger partial charge >= 0.3 is 6.03 Å². The first-order valence-electron chi connectivity index (χ1n) is 11.4. The number of hydrogen-bond acceptors (Lipinski definition) is 4. The minimum absolute atomic E-state index is 0.0426. The molecule has 0 radical (unpaired) electrons. The van der Waals surface area contributed by atoms with Crippen LogP contribution in [0, 0.1) is 11.7 Å². The van der Waals surface area contributed by atoms with Crippen LogP contribution in [0.1, 0.15) is 17.9 Å². The second-order valence-corrected chi connectivity index (χ2v) is 8.74. The van der Waals surface area contributed by atoms with Gasteiger partial charge in [-0.15, -0.1) is 0 Å². The second-order valence-electron chi connectivity index (χ2n) is 8.74. The average Bonchev–Trinajstić information content (AvgIpc) is 3.67. The number of aromatic nitrogens is 1. The molecule has 1 aromatic heterocycles. The number of carbonyl (C=O) groups excluding carboxylic acids is 2. The Morgan fingerprint density at radius 1 is 0.912 bits per heavy atom. The SMILES string of the molecule is Nc1ccc(-c2ccc(F)cc2)nc1NC(=O)N1CCN(C(=O)C2CC2c2ccccc2)CC1. The summed E-state index contributed by atoms with van der Waals surface area (Å²) >= 11 is 0. The van der Waals surface area contributed by atoms with Crippen LogP contribution in [0.25, 0.3) is 11.3 Å². The molecule has 2 aliphatic rings. The van der Waals surface area contributed by atoms with Crippen molar-refractivity contribution in [3.8, 4) is 11.3 Å². The van der Waals surface area contributed by atoms with Crippen molar-refractivity contribution in [3.63, 3.8) is 0 Å². The van der Waals surface area contributed by atoms with Gasteiger partial charge in [0.25, 0.3) is 0 Å². The van der Waals surface area contributed by atoms with Crippen molar-refractivity contribution in [1.82, 2.24) is 14.8 Å². The Labute approximate surface area is 197 Å². The summed E-state index contributed by atoms with van der Waals surface area (Å²) in [6.07, 6.45) is 0.888. The topological polar surface area (TPSA) is 91.6 Å². The molecule has 3 amide bonds. The van der Waals surface area contributed by atoms with E-state index in [1.165, 1.54) is 17.7 Å². The summed E-state index contributed by atoms with van der Waals surface area (Å²) in [5.74, 6) is 0.446. The molecule has 174 valence electrons. The van der Waals surface area contributed by atoms with Crippen LogP contribution < -0.4 is 11.1 Å². The summed E-state index contributed by atoms with van der Waals surface area (Å²) in [6, 6.07) is 19.2. The van der Waals surface area contributed by atoms with Gasteiger partial charge in [0.05, 0.1) is 11.4 Å². The Balaban J connectivity index is 1.17. The highest BCUT2D eigenvalue weighted by Crippen LogP contribution is 2.48. The number of amides is 3. The molecule has 1 saturated carbocycles. The van der Waals surface area contributed by atoms with Gasteiger partial charge in [-0.25, -0.2) is 14.2 Å². The van der Waals surface area contributed by atoms with Crippen molar-refractivity contribution in [2.75, 3.05) is 37.2 Å². The second kappa shape index (κ2) is 9.13. The molecular weight excluding hydrogens is 433 g/mol. The Hall–Kier alpha value is -3.94. The molecule has 2 unspecified atom stereocenters. The van der Waals surface area contributed by atoms with Gasteiger partial charge in [0, 0.05) is 37.7 Å². The van der Waals surface area contributed by atoms with Gasteiger partial charge in [0.15, 0.2) is 5.82 Å². The van der Waals surface area contributed by atoms with E-state index in [4.69, 9.17) is 5.73 Å². The van der Waals surface area contributed by atoms with Gasteiger partial charge in [-0.05, 0) is 54.3 Å². The lowest BCUT2D eigenvalue weighted by atomic mass is 10.1. The highest BCUT2D eigenvalue weighted by molar-refractivity contribution is 5.92. The van der Waals surface area contributed by atoms with E-state index >= 15 is 0 Å². The molecular formula is C26H26FN5O2. The summed E-state index contributed by atoms with van der Waals surface area (Å²) < 4.78 is 13.2. The molecule has 34 heavy (non-hydrogen) atoms. The van der Waals surface area contributed by atoms with Crippen LogP contribution in [0.15, 0.2) is 66.7 Å². The van der Waals surface area contributed by atoms with E-state index in [2.05, 4.69) is 22.4 Å². The monoisotopic (exact) mass is 459 g/mol. The number of benzene rings is 2. The Bertz CT molecular complexity index is 1190. The number of pyridine rings is 1. The van der Waals surface area contributed by atoms with Gasteiger partial charge in [0.2, 0.25) is 5.91 Å². The molecule has 1 aliphatic carbocycles.